The summed E-state index contributed by atoms with van der Waals surface area (Å²) in [5.41, 5.74) is 12.0. The van der Waals surface area contributed by atoms with Crippen molar-refractivity contribution in [1.82, 2.24) is 0 Å². The number of carboxylic acids is 1. The molecule has 1 aliphatic rings. The van der Waals surface area contributed by atoms with Gasteiger partial charge in [0.05, 0.1) is 12.0 Å². The number of rotatable bonds is 7. The van der Waals surface area contributed by atoms with Gasteiger partial charge in [0.25, 0.3) is 0 Å². The number of hydrogen-bond acceptors (Lipinski definition) is 4. The molecule has 0 radical (unpaired) electrons. The van der Waals surface area contributed by atoms with E-state index in [4.69, 9.17) is 15.6 Å². The largest absolute Gasteiger partial charge is 0.478 e. The molecule has 152 valence electrons. The fourth-order valence-electron chi connectivity index (χ4n) is 4.05. The van der Waals surface area contributed by atoms with Gasteiger partial charge in [0.1, 0.15) is 6.61 Å². The Kier molecular flexibility index (Phi) is 5.63. The van der Waals surface area contributed by atoms with Crippen molar-refractivity contribution < 1.29 is 19.4 Å². The van der Waals surface area contributed by atoms with Crippen LogP contribution >= 0.6 is 0 Å². The number of carboxylic acid groups (broad SMARTS) is 1. The topological polar surface area (TPSA) is 89.6 Å². The van der Waals surface area contributed by atoms with Crippen LogP contribution in [0.15, 0.2) is 72.8 Å². The highest BCUT2D eigenvalue weighted by Gasteiger charge is 2.29. The molecule has 4 rings (SSSR count). The summed E-state index contributed by atoms with van der Waals surface area (Å²) in [6.07, 6.45) is 0.584. The van der Waals surface area contributed by atoms with E-state index in [0.717, 1.165) is 5.56 Å². The monoisotopic (exact) mass is 401 g/mol. The zero-order valence-electron chi connectivity index (χ0n) is 16.5. The standard InChI is InChI=1S/C25H23NO4/c26-18(13-16-9-11-17(12-10-16)25(28)29)14-24(27)30-15-23-21-7-3-1-5-19(21)20-6-2-4-8-22(20)23/h1-12,18,23H,13-15,26H2,(H,28,29)/t18-/m0/s1. The number of benzene rings is 3. The summed E-state index contributed by atoms with van der Waals surface area (Å²) < 4.78 is 5.60. The molecule has 0 amide bonds. The highest BCUT2D eigenvalue weighted by molar-refractivity contribution is 5.87. The molecule has 0 saturated carbocycles. The molecule has 0 fully saturated rings. The molecule has 0 aliphatic heterocycles. The SMILES string of the molecule is N[C@H](CC(=O)OCC1c2ccccc2-c2ccccc21)Cc1ccc(C(=O)O)cc1. The van der Waals surface area contributed by atoms with Gasteiger partial charge >= 0.3 is 11.9 Å². The first-order valence-corrected chi connectivity index (χ1v) is 9.94. The van der Waals surface area contributed by atoms with Crippen molar-refractivity contribution in [3.8, 4) is 11.1 Å². The third-order valence-electron chi connectivity index (χ3n) is 5.50. The molecule has 3 N–H and O–H groups in total. The van der Waals surface area contributed by atoms with E-state index in [1.807, 2.05) is 24.3 Å². The van der Waals surface area contributed by atoms with Crippen LogP contribution in [0.4, 0.5) is 0 Å². The maximum Gasteiger partial charge on any atom is 0.335 e. The molecule has 0 aromatic heterocycles. The lowest BCUT2D eigenvalue weighted by atomic mass is 9.98. The lowest BCUT2D eigenvalue weighted by Crippen LogP contribution is -2.28. The number of carbonyl (C=O) groups excluding carboxylic acids is 1. The Labute approximate surface area is 175 Å². The first kappa shape index (κ1) is 19.9. The third-order valence-corrected chi connectivity index (χ3v) is 5.50. The lowest BCUT2D eigenvalue weighted by molar-refractivity contribution is -0.144. The lowest BCUT2D eigenvalue weighted by Gasteiger charge is -2.16. The molecular weight excluding hydrogens is 378 g/mol. The average molecular weight is 401 g/mol. The van der Waals surface area contributed by atoms with Crippen molar-refractivity contribution in [3.05, 3.63) is 95.1 Å². The molecule has 0 saturated heterocycles. The molecule has 5 nitrogen and oxygen atoms in total. The van der Waals surface area contributed by atoms with Gasteiger partial charge in [-0.2, -0.15) is 0 Å². The van der Waals surface area contributed by atoms with Crippen LogP contribution < -0.4 is 5.73 Å². The van der Waals surface area contributed by atoms with Crippen molar-refractivity contribution >= 4 is 11.9 Å². The second-order valence-electron chi connectivity index (χ2n) is 7.58. The van der Waals surface area contributed by atoms with Crippen molar-refractivity contribution in [2.24, 2.45) is 5.73 Å². The molecule has 3 aromatic carbocycles. The van der Waals surface area contributed by atoms with Crippen LogP contribution in [0.3, 0.4) is 0 Å². The van der Waals surface area contributed by atoms with Crippen LogP contribution in [0.2, 0.25) is 0 Å². The summed E-state index contributed by atoms with van der Waals surface area (Å²) in [6.45, 7) is 0.285. The van der Waals surface area contributed by atoms with Gasteiger partial charge in [-0.05, 0) is 46.4 Å². The first-order valence-electron chi connectivity index (χ1n) is 9.94. The van der Waals surface area contributed by atoms with Gasteiger partial charge in [-0.25, -0.2) is 4.79 Å². The highest BCUT2D eigenvalue weighted by atomic mass is 16.5. The Morgan fingerprint density at radius 2 is 1.47 bits per heavy atom. The van der Waals surface area contributed by atoms with E-state index in [2.05, 4.69) is 24.3 Å². The van der Waals surface area contributed by atoms with Crippen LogP contribution in [-0.4, -0.2) is 29.7 Å². The number of nitrogens with two attached hydrogens (primary N) is 1. The van der Waals surface area contributed by atoms with Crippen molar-refractivity contribution in [2.75, 3.05) is 6.61 Å². The summed E-state index contributed by atoms with van der Waals surface area (Å²) in [5, 5.41) is 8.96. The summed E-state index contributed by atoms with van der Waals surface area (Å²) in [4.78, 5) is 23.3. The van der Waals surface area contributed by atoms with E-state index >= 15 is 0 Å². The minimum Gasteiger partial charge on any atom is -0.478 e. The third kappa shape index (κ3) is 4.11. The minimum atomic E-state index is -0.968. The van der Waals surface area contributed by atoms with Gasteiger partial charge in [-0.15, -0.1) is 0 Å². The molecule has 1 atom stereocenters. The number of esters is 1. The summed E-state index contributed by atoms with van der Waals surface area (Å²) in [5.74, 6) is -1.27. The van der Waals surface area contributed by atoms with E-state index < -0.39 is 12.0 Å². The van der Waals surface area contributed by atoms with Crippen molar-refractivity contribution in [1.29, 1.82) is 0 Å². The van der Waals surface area contributed by atoms with Gasteiger partial charge in [-0.1, -0.05) is 60.7 Å². The van der Waals surface area contributed by atoms with Crippen LogP contribution in [0.1, 0.15) is 39.4 Å². The maximum atomic E-state index is 12.4. The predicted molar refractivity (Wildman–Crippen MR) is 114 cm³/mol. The first-order chi connectivity index (χ1) is 14.5. The Balaban J connectivity index is 1.35. The molecule has 1 aliphatic carbocycles. The number of ether oxygens (including phenoxy) is 1. The predicted octanol–water partition coefficient (Wildman–Crippen LogP) is 4.00. The molecule has 0 spiro atoms. The number of hydrogen-bond donors (Lipinski definition) is 2. The summed E-state index contributed by atoms with van der Waals surface area (Å²) in [6, 6.07) is 22.5. The second kappa shape index (κ2) is 8.51. The van der Waals surface area contributed by atoms with Crippen LogP contribution in [-0.2, 0) is 16.0 Å². The van der Waals surface area contributed by atoms with Crippen molar-refractivity contribution in [2.45, 2.75) is 24.8 Å². The van der Waals surface area contributed by atoms with Gasteiger partial charge in [0.15, 0.2) is 0 Å². The smallest absolute Gasteiger partial charge is 0.335 e. The number of carbonyl (C=O) groups is 2. The molecule has 3 aromatic rings. The van der Waals surface area contributed by atoms with Crippen LogP contribution in [0.25, 0.3) is 11.1 Å². The Bertz CT molecular complexity index is 1030. The minimum absolute atomic E-state index is 0.0288. The molecule has 30 heavy (non-hydrogen) atoms. The second-order valence-corrected chi connectivity index (χ2v) is 7.58. The molecule has 5 heteroatoms. The van der Waals surface area contributed by atoms with E-state index in [0.29, 0.717) is 6.42 Å². The average Bonchev–Trinajstić information content (AvgIpc) is 3.06. The van der Waals surface area contributed by atoms with Crippen molar-refractivity contribution in [3.63, 3.8) is 0 Å². The Morgan fingerprint density at radius 1 is 0.900 bits per heavy atom. The van der Waals surface area contributed by atoms with E-state index in [1.165, 1.54) is 34.4 Å². The summed E-state index contributed by atoms with van der Waals surface area (Å²) >= 11 is 0. The highest BCUT2D eigenvalue weighted by Crippen LogP contribution is 2.44. The van der Waals surface area contributed by atoms with E-state index in [9.17, 15) is 9.59 Å². The number of aromatic carboxylic acids is 1. The Morgan fingerprint density at radius 3 is 2.03 bits per heavy atom. The van der Waals surface area contributed by atoms with Gasteiger partial charge in [0.2, 0.25) is 0 Å². The maximum absolute atomic E-state index is 12.4. The Hall–Kier alpha value is -3.44. The van der Waals surface area contributed by atoms with E-state index in [-0.39, 0.29) is 30.5 Å². The van der Waals surface area contributed by atoms with Gasteiger partial charge in [0, 0.05) is 12.0 Å². The van der Waals surface area contributed by atoms with Gasteiger partial charge in [-0.3, -0.25) is 4.79 Å². The normalized spacial score (nSPS) is 13.4. The molecule has 0 heterocycles. The fraction of sp³-hybridized carbons (Fsp3) is 0.200. The zero-order valence-corrected chi connectivity index (χ0v) is 16.5. The molecular formula is C25H23NO4. The van der Waals surface area contributed by atoms with E-state index in [1.54, 1.807) is 12.1 Å². The zero-order chi connectivity index (χ0) is 21.1. The molecule has 0 bridgehead atoms. The summed E-state index contributed by atoms with van der Waals surface area (Å²) in [7, 11) is 0. The number of fused-ring (bicyclic) bond motifs is 3. The van der Waals surface area contributed by atoms with Crippen LogP contribution in [0, 0.1) is 0 Å². The fourth-order valence-corrected chi connectivity index (χ4v) is 4.05. The van der Waals surface area contributed by atoms with Gasteiger partial charge < -0.3 is 15.6 Å². The van der Waals surface area contributed by atoms with Crippen LogP contribution in [0.5, 0.6) is 0 Å². The molecule has 0 unspecified atom stereocenters. The quantitative estimate of drug-likeness (QED) is 0.584.